The monoisotopic (exact) mass is 311 g/mol. The maximum atomic E-state index is 12.4. The minimum Gasteiger partial charge on any atom is -0.211 e. The van der Waals surface area contributed by atoms with E-state index in [-0.39, 0.29) is 17.0 Å². The first-order valence-electron chi connectivity index (χ1n) is 6.41. The fraction of sp³-hybridized carbons (Fsp3) is 0.200. The zero-order valence-corrected chi connectivity index (χ0v) is 12.0. The largest absolute Gasteiger partial charge is 0.263 e. The van der Waals surface area contributed by atoms with Crippen molar-refractivity contribution in [3.63, 3.8) is 0 Å². The zero-order chi connectivity index (χ0) is 15.3. The highest BCUT2D eigenvalue weighted by atomic mass is 32.2. The van der Waals surface area contributed by atoms with Gasteiger partial charge in [0.1, 0.15) is 0 Å². The second-order valence-corrected chi connectivity index (χ2v) is 6.27. The highest BCUT2D eigenvalue weighted by molar-refractivity contribution is 7.89. The van der Waals surface area contributed by atoms with Gasteiger partial charge in [-0.2, -0.15) is 0 Å². The van der Waals surface area contributed by atoms with Crippen LogP contribution in [0.2, 0.25) is 0 Å². The second kappa shape index (κ2) is 6.78. The van der Waals surface area contributed by atoms with E-state index in [2.05, 4.69) is 4.72 Å². The van der Waals surface area contributed by atoms with Crippen LogP contribution in [0.3, 0.4) is 0 Å². The molecule has 0 radical (unpaired) electrons. The standard InChI is InChI=1S/C15H15F2NO2S/c16-15(17)13-6-8-14(9-7-13)21(19,20)18-11-10-12-4-2-1-3-5-12/h1-9,15,18H,10-11H2. The Morgan fingerprint density at radius 2 is 1.57 bits per heavy atom. The van der Waals surface area contributed by atoms with Gasteiger partial charge in [-0.25, -0.2) is 21.9 Å². The van der Waals surface area contributed by atoms with E-state index in [1.165, 1.54) is 12.1 Å². The number of hydrogen-bond donors (Lipinski definition) is 1. The van der Waals surface area contributed by atoms with Crippen molar-refractivity contribution in [3.8, 4) is 0 Å². The van der Waals surface area contributed by atoms with E-state index in [1.54, 1.807) is 0 Å². The molecular formula is C15H15F2NO2S. The van der Waals surface area contributed by atoms with Crippen LogP contribution in [0.15, 0.2) is 59.5 Å². The van der Waals surface area contributed by atoms with E-state index in [1.807, 2.05) is 30.3 Å². The van der Waals surface area contributed by atoms with E-state index in [0.717, 1.165) is 17.7 Å². The molecule has 0 saturated carbocycles. The molecule has 0 atom stereocenters. The Labute approximate surface area is 122 Å². The summed E-state index contributed by atoms with van der Waals surface area (Å²) < 4.78 is 51.3. The van der Waals surface area contributed by atoms with Crippen LogP contribution in [-0.4, -0.2) is 15.0 Å². The first kappa shape index (κ1) is 15.6. The number of sulfonamides is 1. The van der Waals surface area contributed by atoms with Gasteiger partial charge in [-0.3, -0.25) is 0 Å². The van der Waals surface area contributed by atoms with Crippen molar-refractivity contribution >= 4 is 10.0 Å². The Kier molecular flexibility index (Phi) is 5.03. The molecule has 0 fully saturated rings. The Balaban J connectivity index is 1.98. The molecule has 3 nitrogen and oxygen atoms in total. The topological polar surface area (TPSA) is 46.2 Å². The third kappa shape index (κ3) is 4.34. The second-order valence-electron chi connectivity index (χ2n) is 4.50. The molecular weight excluding hydrogens is 296 g/mol. The lowest BCUT2D eigenvalue weighted by Gasteiger charge is -2.07. The first-order chi connectivity index (χ1) is 9.99. The highest BCUT2D eigenvalue weighted by Gasteiger charge is 2.14. The van der Waals surface area contributed by atoms with Gasteiger partial charge < -0.3 is 0 Å². The number of benzene rings is 2. The molecule has 2 aromatic carbocycles. The molecule has 0 heterocycles. The van der Waals surface area contributed by atoms with E-state index in [4.69, 9.17) is 0 Å². The zero-order valence-electron chi connectivity index (χ0n) is 11.2. The molecule has 0 aliphatic heterocycles. The van der Waals surface area contributed by atoms with E-state index in [0.29, 0.717) is 6.42 Å². The maximum Gasteiger partial charge on any atom is 0.263 e. The van der Waals surface area contributed by atoms with Gasteiger partial charge in [-0.05, 0) is 24.1 Å². The molecule has 0 aliphatic rings. The van der Waals surface area contributed by atoms with Gasteiger partial charge in [0.2, 0.25) is 10.0 Å². The van der Waals surface area contributed by atoms with Crippen molar-refractivity contribution < 1.29 is 17.2 Å². The lowest BCUT2D eigenvalue weighted by Crippen LogP contribution is -2.26. The summed E-state index contributed by atoms with van der Waals surface area (Å²) in [6.45, 7) is 0.253. The summed E-state index contributed by atoms with van der Waals surface area (Å²) in [5.74, 6) is 0. The van der Waals surface area contributed by atoms with E-state index in [9.17, 15) is 17.2 Å². The lowest BCUT2D eigenvalue weighted by molar-refractivity contribution is 0.151. The molecule has 0 saturated heterocycles. The van der Waals surface area contributed by atoms with Crippen LogP contribution < -0.4 is 4.72 Å². The van der Waals surface area contributed by atoms with Gasteiger partial charge in [0, 0.05) is 12.1 Å². The number of hydrogen-bond acceptors (Lipinski definition) is 2. The average molecular weight is 311 g/mol. The minimum atomic E-state index is -3.67. The fourth-order valence-electron chi connectivity index (χ4n) is 1.85. The smallest absolute Gasteiger partial charge is 0.211 e. The molecule has 0 bridgehead atoms. The highest BCUT2D eigenvalue weighted by Crippen LogP contribution is 2.20. The van der Waals surface area contributed by atoms with Crippen molar-refractivity contribution in [2.75, 3.05) is 6.54 Å². The van der Waals surface area contributed by atoms with E-state index < -0.39 is 16.4 Å². The summed E-state index contributed by atoms with van der Waals surface area (Å²) in [5.41, 5.74) is 0.825. The Morgan fingerprint density at radius 3 is 2.14 bits per heavy atom. The SMILES string of the molecule is O=S(=O)(NCCc1ccccc1)c1ccc(C(F)F)cc1. The fourth-order valence-corrected chi connectivity index (χ4v) is 2.88. The van der Waals surface area contributed by atoms with Crippen molar-refractivity contribution in [1.82, 2.24) is 4.72 Å². The van der Waals surface area contributed by atoms with Crippen LogP contribution in [-0.2, 0) is 16.4 Å². The Hall–Kier alpha value is -1.79. The normalized spacial score (nSPS) is 11.8. The van der Waals surface area contributed by atoms with Crippen LogP contribution in [0.5, 0.6) is 0 Å². The average Bonchev–Trinajstić information content (AvgIpc) is 2.48. The molecule has 6 heteroatoms. The summed E-state index contributed by atoms with van der Waals surface area (Å²) in [6.07, 6.45) is -2.04. The molecule has 2 rings (SSSR count). The van der Waals surface area contributed by atoms with Crippen LogP contribution in [0.25, 0.3) is 0 Å². The first-order valence-corrected chi connectivity index (χ1v) is 7.89. The molecule has 2 aromatic rings. The van der Waals surface area contributed by atoms with Crippen LogP contribution in [0, 0.1) is 0 Å². The summed E-state index contributed by atoms with van der Waals surface area (Å²) in [6, 6.07) is 14.1. The van der Waals surface area contributed by atoms with Crippen molar-refractivity contribution in [2.24, 2.45) is 0 Å². The van der Waals surface area contributed by atoms with Gasteiger partial charge in [-0.15, -0.1) is 0 Å². The maximum absolute atomic E-state index is 12.4. The van der Waals surface area contributed by atoms with Crippen molar-refractivity contribution in [3.05, 3.63) is 65.7 Å². The molecule has 21 heavy (non-hydrogen) atoms. The Bertz CT molecular complexity index is 671. The van der Waals surface area contributed by atoms with Crippen LogP contribution in [0.4, 0.5) is 8.78 Å². The molecule has 1 N–H and O–H groups in total. The molecule has 0 spiro atoms. The summed E-state index contributed by atoms with van der Waals surface area (Å²) in [7, 11) is -3.67. The van der Waals surface area contributed by atoms with Crippen LogP contribution in [0.1, 0.15) is 17.6 Å². The lowest BCUT2D eigenvalue weighted by atomic mass is 10.2. The molecule has 112 valence electrons. The number of nitrogens with one attached hydrogen (secondary N) is 1. The third-order valence-electron chi connectivity index (χ3n) is 2.99. The molecule has 0 amide bonds. The number of halogens is 2. The van der Waals surface area contributed by atoms with E-state index >= 15 is 0 Å². The quantitative estimate of drug-likeness (QED) is 0.891. The van der Waals surface area contributed by atoms with Gasteiger partial charge >= 0.3 is 0 Å². The summed E-state index contributed by atoms with van der Waals surface area (Å²) in [4.78, 5) is -0.0139. The Morgan fingerprint density at radius 1 is 0.952 bits per heavy atom. The van der Waals surface area contributed by atoms with Gasteiger partial charge in [-0.1, -0.05) is 42.5 Å². The minimum absolute atomic E-state index is 0.0139. The summed E-state index contributed by atoms with van der Waals surface area (Å²) >= 11 is 0. The predicted molar refractivity (Wildman–Crippen MR) is 76.7 cm³/mol. The third-order valence-corrected chi connectivity index (χ3v) is 4.47. The van der Waals surface area contributed by atoms with Gasteiger partial charge in [0.15, 0.2) is 0 Å². The van der Waals surface area contributed by atoms with Gasteiger partial charge in [0.05, 0.1) is 4.90 Å². The molecule has 0 unspecified atom stereocenters. The number of alkyl halides is 2. The predicted octanol–water partition coefficient (Wildman–Crippen LogP) is 3.15. The summed E-state index contributed by atoms with van der Waals surface area (Å²) in [5, 5.41) is 0. The van der Waals surface area contributed by atoms with Gasteiger partial charge in [0.25, 0.3) is 6.43 Å². The molecule has 0 aliphatic carbocycles. The number of rotatable bonds is 6. The van der Waals surface area contributed by atoms with Crippen LogP contribution >= 0.6 is 0 Å². The van der Waals surface area contributed by atoms with Crippen molar-refractivity contribution in [2.45, 2.75) is 17.7 Å². The molecule has 0 aromatic heterocycles. The van der Waals surface area contributed by atoms with Crippen molar-refractivity contribution in [1.29, 1.82) is 0 Å².